The Bertz CT molecular complexity index is 395. The Balaban J connectivity index is 2.58. The molecule has 1 aliphatic heterocycles. The lowest BCUT2D eigenvalue weighted by Crippen LogP contribution is -2.47. The number of carbonyl (C=O) groups is 1. The zero-order valence-electron chi connectivity index (χ0n) is 11.8. The SMILES string of the molecule is CCCS(=O)(=O)N1CCCC1C(=O)NCCC(C)N. The number of hydrogen-bond donors (Lipinski definition) is 2. The van der Waals surface area contributed by atoms with Gasteiger partial charge in [0.15, 0.2) is 0 Å². The number of nitrogens with two attached hydrogens (primary N) is 1. The zero-order valence-corrected chi connectivity index (χ0v) is 12.6. The minimum absolute atomic E-state index is 0.0313. The summed E-state index contributed by atoms with van der Waals surface area (Å²) >= 11 is 0. The Morgan fingerprint density at radius 3 is 2.79 bits per heavy atom. The highest BCUT2D eigenvalue weighted by atomic mass is 32.2. The molecule has 1 amide bonds. The van der Waals surface area contributed by atoms with Gasteiger partial charge in [0.25, 0.3) is 0 Å². The molecule has 1 saturated heterocycles. The van der Waals surface area contributed by atoms with Gasteiger partial charge in [-0.25, -0.2) is 8.42 Å². The van der Waals surface area contributed by atoms with E-state index in [9.17, 15) is 13.2 Å². The summed E-state index contributed by atoms with van der Waals surface area (Å²) in [6.45, 7) is 4.65. The van der Waals surface area contributed by atoms with Gasteiger partial charge >= 0.3 is 0 Å². The highest BCUT2D eigenvalue weighted by Crippen LogP contribution is 2.21. The molecule has 0 saturated carbocycles. The minimum atomic E-state index is -3.30. The van der Waals surface area contributed by atoms with Crippen molar-refractivity contribution in [1.82, 2.24) is 9.62 Å². The van der Waals surface area contributed by atoms with Crippen molar-refractivity contribution in [2.24, 2.45) is 5.73 Å². The summed E-state index contributed by atoms with van der Waals surface area (Å²) in [6, 6.07) is -0.506. The lowest BCUT2D eigenvalue weighted by atomic mass is 10.2. The van der Waals surface area contributed by atoms with Crippen molar-refractivity contribution >= 4 is 15.9 Å². The number of carbonyl (C=O) groups excluding carboxylic acids is 1. The second-order valence-electron chi connectivity index (χ2n) is 5.14. The summed E-state index contributed by atoms with van der Waals surface area (Å²) in [5, 5.41) is 2.78. The number of nitrogens with one attached hydrogen (secondary N) is 1. The van der Waals surface area contributed by atoms with Crippen LogP contribution in [-0.2, 0) is 14.8 Å². The molecule has 1 fully saturated rings. The van der Waals surface area contributed by atoms with Gasteiger partial charge in [-0.2, -0.15) is 4.31 Å². The Morgan fingerprint density at radius 1 is 1.53 bits per heavy atom. The van der Waals surface area contributed by atoms with Crippen LogP contribution in [0.1, 0.15) is 39.5 Å². The predicted octanol–water partition coefficient (Wildman–Crippen LogP) is 0.0441. The van der Waals surface area contributed by atoms with Crippen LogP contribution >= 0.6 is 0 Å². The van der Waals surface area contributed by atoms with E-state index < -0.39 is 16.1 Å². The lowest BCUT2D eigenvalue weighted by molar-refractivity contribution is -0.124. The Kier molecular flexibility index (Phi) is 6.22. The average molecular weight is 291 g/mol. The monoisotopic (exact) mass is 291 g/mol. The van der Waals surface area contributed by atoms with Gasteiger partial charge in [-0.15, -0.1) is 0 Å². The van der Waals surface area contributed by atoms with Gasteiger partial charge < -0.3 is 11.1 Å². The van der Waals surface area contributed by atoms with Gasteiger partial charge in [0.2, 0.25) is 15.9 Å². The van der Waals surface area contributed by atoms with E-state index in [-0.39, 0.29) is 17.7 Å². The van der Waals surface area contributed by atoms with Crippen molar-refractivity contribution in [3.05, 3.63) is 0 Å². The molecule has 3 N–H and O–H groups in total. The number of nitrogens with zero attached hydrogens (tertiary/aromatic N) is 1. The largest absolute Gasteiger partial charge is 0.355 e. The fraction of sp³-hybridized carbons (Fsp3) is 0.917. The topological polar surface area (TPSA) is 92.5 Å². The molecule has 1 heterocycles. The van der Waals surface area contributed by atoms with Crippen LogP contribution < -0.4 is 11.1 Å². The summed E-state index contributed by atoms with van der Waals surface area (Å²) in [5.74, 6) is -0.0887. The highest BCUT2D eigenvalue weighted by Gasteiger charge is 2.37. The predicted molar refractivity (Wildman–Crippen MR) is 75.1 cm³/mol. The van der Waals surface area contributed by atoms with E-state index in [0.29, 0.717) is 32.4 Å². The molecule has 0 bridgehead atoms. The molecule has 0 aromatic carbocycles. The van der Waals surface area contributed by atoms with E-state index in [2.05, 4.69) is 5.32 Å². The van der Waals surface area contributed by atoms with Gasteiger partial charge in [-0.3, -0.25) is 4.79 Å². The van der Waals surface area contributed by atoms with E-state index in [1.807, 2.05) is 13.8 Å². The number of rotatable bonds is 7. The third kappa shape index (κ3) is 4.74. The van der Waals surface area contributed by atoms with E-state index in [1.165, 1.54) is 4.31 Å². The summed E-state index contributed by atoms with van der Waals surface area (Å²) in [7, 11) is -3.30. The van der Waals surface area contributed by atoms with Crippen molar-refractivity contribution in [1.29, 1.82) is 0 Å². The van der Waals surface area contributed by atoms with Crippen LogP contribution in [0.25, 0.3) is 0 Å². The smallest absolute Gasteiger partial charge is 0.238 e. The molecule has 2 unspecified atom stereocenters. The fourth-order valence-electron chi connectivity index (χ4n) is 2.25. The highest BCUT2D eigenvalue weighted by molar-refractivity contribution is 7.89. The molecule has 6 nitrogen and oxygen atoms in total. The van der Waals surface area contributed by atoms with Gasteiger partial charge in [0, 0.05) is 19.1 Å². The number of amides is 1. The molecule has 1 rings (SSSR count). The third-order valence-electron chi connectivity index (χ3n) is 3.22. The van der Waals surface area contributed by atoms with Crippen LogP contribution in [0.3, 0.4) is 0 Å². The molecule has 19 heavy (non-hydrogen) atoms. The van der Waals surface area contributed by atoms with Crippen molar-refractivity contribution in [2.75, 3.05) is 18.8 Å². The summed E-state index contributed by atoms with van der Waals surface area (Å²) < 4.78 is 25.5. The van der Waals surface area contributed by atoms with Crippen molar-refractivity contribution in [3.63, 3.8) is 0 Å². The summed E-state index contributed by atoms with van der Waals surface area (Å²) in [4.78, 5) is 12.0. The minimum Gasteiger partial charge on any atom is -0.355 e. The molecule has 2 atom stereocenters. The first-order chi connectivity index (χ1) is 8.88. The van der Waals surface area contributed by atoms with Crippen LogP contribution in [0.15, 0.2) is 0 Å². The van der Waals surface area contributed by atoms with Crippen LogP contribution in [-0.4, -0.2) is 49.6 Å². The quantitative estimate of drug-likeness (QED) is 0.693. The van der Waals surface area contributed by atoms with Crippen LogP contribution in [0.4, 0.5) is 0 Å². The molecule has 1 aliphatic rings. The Morgan fingerprint density at radius 2 is 2.21 bits per heavy atom. The average Bonchev–Trinajstić information content (AvgIpc) is 2.77. The standard InChI is InChI=1S/C12H25N3O3S/c1-3-9-19(17,18)15-8-4-5-11(15)12(16)14-7-6-10(2)13/h10-11H,3-9,13H2,1-2H3,(H,14,16). The molecule has 0 aliphatic carbocycles. The molecular formula is C12H25N3O3S. The molecule has 7 heteroatoms. The fourth-order valence-corrected chi connectivity index (χ4v) is 4.00. The van der Waals surface area contributed by atoms with Crippen LogP contribution in [0.5, 0.6) is 0 Å². The van der Waals surface area contributed by atoms with E-state index in [1.54, 1.807) is 0 Å². The molecular weight excluding hydrogens is 266 g/mol. The maximum atomic E-state index is 12.1. The van der Waals surface area contributed by atoms with E-state index >= 15 is 0 Å². The van der Waals surface area contributed by atoms with Crippen molar-refractivity contribution < 1.29 is 13.2 Å². The van der Waals surface area contributed by atoms with E-state index in [4.69, 9.17) is 5.73 Å². The van der Waals surface area contributed by atoms with Crippen molar-refractivity contribution in [2.45, 2.75) is 51.6 Å². The number of hydrogen-bond acceptors (Lipinski definition) is 4. The van der Waals surface area contributed by atoms with Gasteiger partial charge in [-0.1, -0.05) is 6.92 Å². The normalized spacial score (nSPS) is 22.4. The van der Waals surface area contributed by atoms with E-state index in [0.717, 1.165) is 6.42 Å². The second kappa shape index (κ2) is 7.21. The maximum absolute atomic E-state index is 12.1. The Hall–Kier alpha value is -0.660. The Labute approximate surface area is 115 Å². The molecule has 0 radical (unpaired) electrons. The number of sulfonamides is 1. The summed E-state index contributed by atoms with van der Waals surface area (Å²) in [6.07, 6.45) is 2.61. The van der Waals surface area contributed by atoms with Gasteiger partial charge in [0.05, 0.1) is 5.75 Å². The van der Waals surface area contributed by atoms with Gasteiger partial charge in [0.1, 0.15) is 6.04 Å². The summed E-state index contributed by atoms with van der Waals surface area (Å²) in [5.41, 5.74) is 5.61. The van der Waals surface area contributed by atoms with Crippen molar-refractivity contribution in [3.8, 4) is 0 Å². The molecule has 0 aromatic rings. The zero-order chi connectivity index (χ0) is 14.5. The first kappa shape index (κ1) is 16.4. The van der Waals surface area contributed by atoms with Gasteiger partial charge in [-0.05, 0) is 32.6 Å². The second-order valence-corrected chi connectivity index (χ2v) is 7.18. The molecule has 0 spiro atoms. The third-order valence-corrected chi connectivity index (χ3v) is 5.30. The van der Waals surface area contributed by atoms with Crippen LogP contribution in [0, 0.1) is 0 Å². The first-order valence-corrected chi connectivity index (χ1v) is 8.52. The lowest BCUT2D eigenvalue weighted by Gasteiger charge is -2.23. The molecule has 112 valence electrons. The maximum Gasteiger partial charge on any atom is 0.238 e. The first-order valence-electron chi connectivity index (χ1n) is 6.91. The van der Waals surface area contributed by atoms with Crippen LogP contribution in [0.2, 0.25) is 0 Å². The molecule has 0 aromatic heterocycles.